The summed E-state index contributed by atoms with van der Waals surface area (Å²) < 4.78 is 0. The van der Waals surface area contributed by atoms with E-state index in [1.165, 1.54) is 0 Å². The predicted molar refractivity (Wildman–Crippen MR) is 102 cm³/mol. The molecular formula is C18H14Cl2N4O2. The molecule has 0 unspecified atom stereocenters. The van der Waals surface area contributed by atoms with E-state index in [1.54, 1.807) is 54.7 Å². The summed E-state index contributed by atoms with van der Waals surface area (Å²) in [7, 11) is 0. The normalized spacial score (nSPS) is 10.4. The van der Waals surface area contributed by atoms with Crippen LogP contribution in [0.4, 0.5) is 17.3 Å². The van der Waals surface area contributed by atoms with Crippen molar-refractivity contribution in [1.82, 2.24) is 9.97 Å². The van der Waals surface area contributed by atoms with Gasteiger partial charge >= 0.3 is 0 Å². The van der Waals surface area contributed by atoms with Crippen molar-refractivity contribution in [2.75, 3.05) is 10.6 Å². The lowest BCUT2D eigenvalue weighted by molar-refractivity contribution is 0.102. The Bertz CT molecular complexity index is 930. The maximum Gasteiger partial charge on any atom is 0.258 e. The van der Waals surface area contributed by atoms with Crippen LogP contribution in [0.3, 0.4) is 0 Å². The van der Waals surface area contributed by atoms with Crippen molar-refractivity contribution in [2.24, 2.45) is 0 Å². The van der Waals surface area contributed by atoms with E-state index in [9.17, 15) is 4.79 Å². The molecule has 1 amide bonds. The zero-order valence-corrected chi connectivity index (χ0v) is 14.9. The Balaban J connectivity index is 1.78. The smallest absolute Gasteiger partial charge is 0.258 e. The number of aliphatic hydroxyl groups excluding tert-OH is 1. The molecule has 1 aromatic carbocycles. The molecule has 2 heterocycles. The third kappa shape index (κ3) is 4.29. The van der Waals surface area contributed by atoms with Gasteiger partial charge in [0.25, 0.3) is 5.91 Å². The number of nitrogens with zero attached hydrogens (tertiary/aromatic N) is 2. The van der Waals surface area contributed by atoms with Gasteiger partial charge in [0.1, 0.15) is 11.6 Å². The summed E-state index contributed by atoms with van der Waals surface area (Å²) in [5.41, 5.74) is 1.26. The van der Waals surface area contributed by atoms with Crippen molar-refractivity contribution >= 4 is 46.4 Å². The van der Waals surface area contributed by atoms with Gasteiger partial charge in [0.2, 0.25) is 0 Å². The van der Waals surface area contributed by atoms with Gasteiger partial charge in [0, 0.05) is 18.0 Å². The topological polar surface area (TPSA) is 87.1 Å². The van der Waals surface area contributed by atoms with Crippen LogP contribution in [0.25, 0.3) is 0 Å². The van der Waals surface area contributed by atoms with Crippen molar-refractivity contribution in [2.45, 2.75) is 6.61 Å². The Labute approximate surface area is 159 Å². The van der Waals surface area contributed by atoms with E-state index >= 15 is 0 Å². The number of hydrogen-bond acceptors (Lipinski definition) is 5. The summed E-state index contributed by atoms with van der Waals surface area (Å²) in [6, 6.07) is 13.4. The molecule has 3 rings (SSSR count). The highest BCUT2D eigenvalue weighted by atomic mass is 35.5. The molecule has 2 aromatic heterocycles. The number of rotatable bonds is 5. The lowest BCUT2D eigenvalue weighted by Gasteiger charge is -2.10. The lowest BCUT2D eigenvalue weighted by atomic mass is 10.2. The highest BCUT2D eigenvalue weighted by Crippen LogP contribution is 2.25. The number of halogens is 2. The van der Waals surface area contributed by atoms with Crippen LogP contribution in [-0.2, 0) is 6.61 Å². The quantitative estimate of drug-likeness (QED) is 0.607. The number of hydrogen-bond donors (Lipinski definition) is 3. The van der Waals surface area contributed by atoms with E-state index < -0.39 is 5.91 Å². The summed E-state index contributed by atoms with van der Waals surface area (Å²) in [5.74, 6) is 0.593. The predicted octanol–water partition coefficient (Wildman–Crippen LogP) is 4.27. The molecule has 0 aliphatic heterocycles. The molecule has 0 aliphatic carbocycles. The number of nitrogens with one attached hydrogen (secondary N) is 2. The minimum atomic E-state index is -0.418. The highest BCUT2D eigenvalue weighted by molar-refractivity contribution is 6.40. The third-order valence-electron chi connectivity index (χ3n) is 3.43. The van der Waals surface area contributed by atoms with Crippen LogP contribution in [-0.4, -0.2) is 21.0 Å². The number of benzene rings is 1. The zero-order chi connectivity index (χ0) is 18.5. The van der Waals surface area contributed by atoms with Gasteiger partial charge in [-0.15, -0.1) is 0 Å². The van der Waals surface area contributed by atoms with Crippen molar-refractivity contribution < 1.29 is 9.90 Å². The van der Waals surface area contributed by atoms with Gasteiger partial charge in [0.15, 0.2) is 0 Å². The van der Waals surface area contributed by atoms with E-state index in [4.69, 9.17) is 28.3 Å². The Hall–Kier alpha value is -2.67. The maximum atomic E-state index is 12.4. The standard InChI is InChI=1S/C18H14Cl2N4O2/c19-13-4-2-5-14(20)17(13)18(26)23-11-7-8-21-16(9-11)24-15-6-1-3-12(10-25)22-15/h1-9,25H,10H2,(H2,21,22,23,24,26). The lowest BCUT2D eigenvalue weighted by Crippen LogP contribution is -2.13. The van der Waals surface area contributed by atoms with Crippen molar-refractivity contribution in [3.63, 3.8) is 0 Å². The first-order valence-electron chi connectivity index (χ1n) is 7.62. The fourth-order valence-corrected chi connectivity index (χ4v) is 2.82. The molecule has 26 heavy (non-hydrogen) atoms. The minimum Gasteiger partial charge on any atom is -0.390 e. The molecule has 0 aliphatic rings. The number of aliphatic hydroxyl groups is 1. The third-order valence-corrected chi connectivity index (χ3v) is 4.06. The molecular weight excluding hydrogens is 375 g/mol. The van der Waals surface area contributed by atoms with Crippen molar-refractivity contribution in [3.05, 3.63) is 76.0 Å². The van der Waals surface area contributed by atoms with Crippen LogP contribution in [0.1, 0.15) is 16.1 Å². The molecule has 3 aromatic rings. The molecule has 132 valence electrons. The second-order valence-electron chi connectivity index (χ2n) is 5.28. The first-order valence-corrected chi connectivity index (χ1v) is 8.37. The summed E-state index contributed by atoms with van der Waals surface area (Å²) in [4.78, 5) is 20.9. The molecule has 0 bridgehead atoms. The molecule has 0 spiro atoms. The fourth-order valence-electron chi connectivity index (χ4n) is 2.25. The number of anilines is 3. The largest absolute Gasteiger partial charge is 0.390 e. The SMILES string of the molecule is O=C(Nc1ccnc(Nc2cccc(CO)n2)c1)c1c(Cl)cccc1Cl. The summed E-state index contributed by atoms with van der Waals surface area (Å²) in [5, 5.41) is 15.4. The number of pyridine rings is 2. The summed E-state index contributed by atoms with van der Waals surface area (Å²) >= 11 is 12.1. The molecule has 0 atom stereocenters. The first kappa shape index (κ1) is 18.1. The highest BCUT2D eigenvalue weighted by Gasteiger charge is 2.15. The fraction of sp³-hybridized carbons (Fsp3) is 0.0556. The summed E-state index contributed by atoms with van der Waals surface area (Å²) in [6.07, 6.45) is 1.54. The Morgan fingerprint density at radius 2 is 1.77 bits per heavy atom. The van der Waals surface area contributed by atoms with E-state index in [1.807, 2.05) is 0 Å². The van der Waals surface area contributed by atoms with Gasteiger partial charge in [-0.25, -0.2) is 9.97 Å². The molecule has 0 saturated heterocycles. The van der Waals surface area contributed by atoms with Crippen LogP contribution < -0.4 is 10.6 Å². The molecule has 0 radical (unpaired) electrons. The van der Waals surface area contributed by atoms with Gasteiger partial charge in [-0.05, 0) is 30.3 Å². The Morgan fingerprint density at radius 1 is 1.04 bits per heavy atom. The van der Waals surface area contributed by atoms with Crippen LogP contribution >= 0.6 is 23.2 Å². The van der Waals surface area contributed by atoms with Gasteiger partial charge in [-0.2, -0.15) is 0 Å². The zero-order valence-electron chi connectivity index (χ0n) is 13.4. The van der Waals surface area contributed by atoms with Gasteiger partial charge in [0.05, 0.1) is 27.9 Å². The van der Waals surface area contributed by atoms with E-state index in [0.29, 0.717) is 23.0 Å². The van der Waals surface area contributed by atoms with Gasteiger partial charge in [-0.3, -0.25) is 4.79 Å². The first-order chi connectivity index (χ1) is 12.6. The van der Waals surface area contributed by atoms with E-state index in [2.05, 4.69) is 20.6 Å². The molecule has 8 heteroatoms. The van der Waals surface area contributed by atoms with E-state index in [0.717, 1.165) is 0 Å². The minimum absolute atomic E-state index is 0.155. The average Bonchev–Trinajstić information content (AvgIpc) is 2.62. The van der Waals surface area contributed by atoms with E-state index in [-0.39, 0.29) is 22.2 Å². The molecule has 3 N–H and O–H groups in total. The summed E-state index contributed by atoms with van der Waals surface area (Å²) in [6.45, 7) is -0.155. The Morgan fingerprint density at radius 3 is 2.50 bits per heavy atom. The van der Waals surface area contributed by atoms with Crippen molar-refractivity contribution in [3.8, 4) is 0 Å². The van der Waals surface area contributed by atoms with Crippen LogP contribution in [0, 0.1) is 0 Å². The Kier molecular flexibility index (Phi) is 5.68. The molecule has 0 fully saturated rings. The maximum absolute atomic E-state index is 12.4. The number of carbonyl (C=O) groups excluding carboxylic acids is 1. The molecule has 6 nitrogen and oxygen atoms in total. The second-order valence-corrected chi connectivity index (χ2v) is 6.09. The number of aromatic nitrogens is 2. The average molecular weight is 389 g/mol. The second kappa shape index (κ2) is 8.14. The molecule has 0 saturated carbocycles. The van der Waals surface area contributed by atoms with Crippen LogP contribution in [0.2, 0.25) is 10.0 Å². The van der Waals surface area contributed by atoms with Crippen molar-refractivity contribution in [1.29, 1.82) is 0 Å². The van der Waals surface area contributed by atoms with Crippen LogP contribution in [0.5, 0.6) is 0 Å². The van der Waals surface area contributed by atoms with Crippen LogP contribution in [0.15, 0.2) is 54.7 Å². The van der Waals surface area contributed by atoms with Gasteiger partial charge < -0.3 is 15.7 Å². The monoisotopic (exact) mass is 388 g/mol. The van der Waals surface area contributed by atoms with Gasteiger partial charge in [-0.1, -0.05) is 35.3 Å². The number of amides is 1. The number of carbonyl (C=O) groups is 1.